The number of methoxy groups -OCH3 is 10. The minimum Gasteiger partial charge on any atom is -0.504 e. The molecule has 0 spiro atoms. The molecule has 12 aromatic rings. The molecule has 748 valence electrons. The first-order valence-electron chi connectivity index (χ1n) is 43.6. The van der Waals surface area contributed by atoms with Gasteiger partial charge >= 0.3 is 24.4 Å². The number of hydroxylamine groups is 4. The molecule has 7 amide bonds. The number of phenols is 1. The zero-order valence-corrected chi connectivity index (χ0v) is 82.6. The Kier molecular flexibility index (Phi) is 36.5. The monoisotopic (exact) mass is 1990 g/mol. The van der Waals surface area contributed by atoms with E-state index in [2.05, 4.69) is 80.5 Å². The predicted molar refractivity (Wildman–Crippen MR) is 516 cm³/mol. The van der Waals surface area contributed by atoms with Gasteiger partial charge in [0.25, 0.3) is 23.6 Å². The van der Waals surface area contributed by atoms with Crippen LogP contribution >= 0.6 is 23.2 Å². The Bertz CT molecular complexity index is 6690. The number of ether oxygens (including phenoxy) is 13. The summed E-state index contributed by atoms with van der Waals surface area (Å²) in [5.41, 5.74) is 23.4. The molecule has 45 heteroatoms. The highest BCUT2D eigenvalue weighted by Crippen LogP contribution is 2.47. The maximum absolute atomic E-state index is 13.3. The number of nitrogen functional groups attached to an aromatic ring is 2. The van der Waals surface area contributed by atoms with Gasteiger partial charge in [0.15, 0.2) is 57.5 Å². The van der Waals surface area contributed by atoms with Gasteiger partial charge in [0.2, 0.25) is 23.4 Å². The Morgan fingerprint density at radius 1 is 0.465 bits per heavy atom. The average Bonchev–Trinajstić information content (AvgIpc) is 1.59. The van der Waals surface area contributed by atoms with Crippen molar-refractivity contribution in [3.63, 3.8) is 0 Å². The van der Waals surface area contributed by atoms with Gasteiger partial charge in [-0.3, -0.25) is 38.8 Å². The molecule has 2 fully saturated rings. The van der Waals surface area contributed by atoms with Crippen molar-refractivity contribution >= 4 is 105 Å². The van der Waals surface area contributed by atoms with Crippen LogP contribution in [0.15, 0.2) is 107 Å². The number of carbonyl (C=O) groups is 8. The molecule has 5 N–H and O–H groups in total. The molecule has 10 heterocycles. The molecule has 142 heavy (non-hydrogen) atoms. The first-order chi connectivity index (χ1) is 68.2. The van der Waals surface area contributed by atoms with Gasteiger partial charge in [0.1, 0.15) is 46.3 Å². The molecular weight excluding hydrogens is 1890 g/mol. The fourth-order valence-electron chi connectivity index (χ4n) is 14.6. The molecule has 0 atom stereocenters. The lowest BCUT2D eigenvalue weighted by atomic mass is 10.0. The summed E-state index contributed by atoms with van der Waals surface area (Å²) < 4.78 is 85.7. The zero-order chi connectivity index (χ0) is 103. The number of imide groups is 2. The number of benzene rings is 4. The van der Waals surface area contributed by atoms with Gasteiger partial charge in [-0.05, 0) is 93.8 Å². The molecule has 43 nitrogen and oxygen atoms in total. The van der Waals surface area contributed by atoms with Gasteiger partial charge in [-0.1, -0.05) is 92.8 Å². The minimum absolute atomic E-state index is 0.0136. The van der Waals surface area contributed by atoms with Crippen LogP contribution in [0.4, 0.5) is 31.1 Å². The number of likely N-dealkylation sites (N-methyl/N-ethyl adjacent to an activating group) is 2. The summed E-state index contributed by atoms with van der Waals surface area (Å²) in [5.74, 6) is 15.8. The van der Waals surface area contributed by atoms with E-state index in [0.717, 1.165) is 63.5 Å². The van der Waals surface area contributed by atoms with Crippen LogP contribution in [0.25, 0.3) is 67.0 Å². The first-order valence-corrected chi connectivity index (χ1v) is 44.4. The summed E-state index contributed by atoms with van der Waals surface area (Å²) in [5, 5.41) is 20.0. The van der Waals surface area contributed by atoms with Crippen LogP contribution in [0.3, 0.4) is 0 Å². The van der Waals surface area contributed by atoms with Crippen molar-refractivity contribution in [3.8, 4) is 138 Å². The topological polar surface area (TPSA) is 503 Å². The predicted octanol–water partition coefficient (Wildman–Crippen LogP) is 14.4. The second-order valence-corrected chi connectivity index (χ2v) is 31.9. The normalized spacial score (nSPS) is 11.8. The molecule has 0 saturated carbocycles. The molecule has 2 aliphatic heterocycles. The van der Waals surface area contributed by atoms with Crippen LogP contribution in [0.1, 0.15) is 103 Å². The Labute approximate surface area is 825 Å². The lowest BCUT2D eigenvalue weighted by Gasteiger charge is -2.22. The molecule has 2 saturated heterocycles. The maximum atomic E-state index is 13.3. The van der Waals surface area contributed by atoms with E-state index >= 15 is 0 Å². The Balaban J connectivity index is 0.000000203. The van der Waals surface area contributed by atoms with E-state index in [-0.39, 0.29) is 108 Å². The number of hydrogen-bond donors (Lipinski definition) is 3. The van der Waals surface area contributed by atoms with Crippen LogP contribution in [0.2, 0.25) is 10.3 Å². The van der Waals surface area contributed by atoms with Gasteiger partial charge in [-0.2, -0.15) is 14.8 Å². The van der Waals surface area contributed by atoms with Gasteiger partial charge < -0.3 is 111 Å². The molecule has 0 radical (unpaired) electrons. The second-order valence-electron chi connectivity index (χ2n) is 31.2. The van der Waals surface area contributed by atoms with Crippen molar-refractivity contribution < 1.29 is 124 Å². The van der Waals surface area contributed by atoms with Crippen molar-refractivity contribution in [3.05, 3.63) is 153 Å². The third-order valence-electron chi connectivity index (χ3n) is 21.9. The van der Waals surface area contributed by atoms with Crippen molar-refractivity contribution in [1.29, 1.82) is 0 Å². The molecule has 14 rings (SSSR count). The number of aromatic nitrogens is 10. The quantitative estimate of drug-likeness (QED) is 0.0157. The number of carbonyl (C=O) groups excluding carboxylic acids is 8. The lowest BCUT2D eigenvalue weighted by molar-refractivity contribution is -0.198. The summed E-state index contributed by atoms with van der Waals surface area (Å²) in [4.78, 5) is 133. The van der Waals surface area contributed by atoms with Crippen LogP contribution in [0.5, 0.6) is 69.0 Å². The van der Waals surface area contributed by atoms with E-state index in [1.807, 2.05) is 55.3 Å². The first kappa shape index (κ1) is 106. The number of nitrogens with two attached hydrogens (primary N) is 2. The molecule has 0 aliphatic carbocycles. The maximum Gasteiger partial charge on any atom is 0.560 e. The van der Waals surface area contributed by atoms with Gasteiger partial charge in [0.05, 0.1) is 130 Å². The number of halogens is 2. The number of unbranched alkanes of at least 4 members (excludes halogenated alkanes) is 1. The molecule has 8 aromatic heterocycles. The highest BCUT2D eigenvalue weighted by Gasteiger charge is 2.38. The zero-order valence-electron chi connectivity index (χ0n) is 81.1. The number of nitrogens with zero attached hydrogens (tertiary/aromatic N) is 15. The van der Waals surface area contributed by atoms with Crippen LogP contribution in [-0.2, 0) is 51.4 Å². The van der Waals surface area contributed by atoms with Crippen LogP contribution in [-0.4, -0.2) is 252 Å². The fraction of sp³-hybridized carbons (Fsp3) is 0.340. The van der Waals surface area contributed by atoms with E-state index in [0.29, 0.717) is 145 Å². The number of phenolic OH excluding ortho intramolecular Hbond substituents is 1. The third kappa shape index (κ3) is 25.2. The van der Waals surface area contributed by atoms with Crippen LogP contribution in [0, 0.1) is 51.4 Å². The third-order valence-corrected chi connectivity index (χ3v) is 22.5. The van der Waals surface area contributed by atoms with E-state index < -0.39 is 42.0 Å². The van der Waals surface area contributed by atoms with Gasteiger partial charge in [-0.15, -0.1) is 0 Å². The van der Waals surface area contributed by atoms with E-state index in [4.69, 9.17) is 105 Å². The Hall–Kier alpha value is -16.7. The summed E-state index contributed by atoms with van der Waals surface area (Å²) in [6.07, 6.45) is 9.54. The molecule has 2 aliphatic rings. The van der Waals surface area contributed by atoms with Crippen molar-refractivity contribution in [1.82, 2.24) is 74.2 Å². The minimum atomic E-state index is -1.48. The van der Waals surface area contributed by atoms with Crippen molar-refractivity contribution in [2.24, 2.45) is 0 Å². The highest BCUT2D eigenvalue weighted by molar-refractivity contribution is 6.35. The number of pyridine rings is 2. The van der Waals surface area contributed by atoms with Crippen molar-refractivity contribution in [2.75, 3.05) is 137 Å². The molecule has 4 aromatic carbocycles. The van der Waals surface area contributed by atoms with E-state index in [1.54, 1.807) is 141 Å². The number of aryl methyl sites for hydroxylation is 2. The van der Waals surface area contributed by atoms with Gasteiger partial charge in [-0.25, -0.2) is 24.4 Å². The number of aromatic hydroxyl groups is 1. The lowest BCUT2D eigenvalue weighted by Crippen LogP contribution is -2.38. The Morgan fingerprint density at radius 3 is 1.22 bits per heavy atom. The standard InChI is InChI=1S/C44H47ClN8O10.C25H31ClN6O3.C19H19NO6.C9H8N2O7/c1-25-21-47-31(26(2)37(25)59-8)24-53-23-28(36-40(45)49-42(46)50-41(36)53)12-10-11-17-61-43(54)51(3)15-16-52(4)44(55)62-33-18-27(13-14-32(33)56-5)30-22-48-63-38(30)29-19-34(57-6)39(60-9)35(20-29)58-7;1-6-7-11-31(4)25(33)35-12-9-8-10-18-14-32(23-20(18)22(26)29-24(27)30-23)15-19-17(3)21(34-5)16(2)13-28-19;1-22-15-6-5-11(7-14(15)21)13-10-20-26-18(13)12-8-16(23-2)19(25-4)17(9-12)24-3;12-5-1-2-6(13)10(5)17-9(16)18-11-7(14)3-4-8(11)15/h13-14,18-23H,11,15-17,24H2,1-9H3,(H2,46,49,50);13-14H,6-7,9,11-12,15H2,1-5H3,(H2,27,29,30);5-10,21H,1-4H3;1-4H2. The van der Waals surface area contributed by atoms with Gasteiger partial charge in [0, 0.05) is 149 Å². The van der Waals surface area contributed by atoms with E-state index in [1.165, 1.54) is 45.3 Å². The summed E-state index contributed by atoms with van der Waals surface area (Å²) >= 11 is 12.9. The summed E-state index contributed by atoms with van der Waals surface area (Å²) in [7, 11) is 20.3. The molecular formula is C97H105Cl2N17O26. The number of anilines is 2. The SMILES string of the molecule is CCCCN(C)C(=O)OCCC#Cc1cn(Cc2ncc(C)c(OC)c2C)c2nc(N)nc(Cl)c12.COc1ccc(-c2cnoc2-c2cc(OC)c(OC)c(OC)c2)cc1O.COc1ccc(-c2cnoc2-c2cc(OC)c(OC)c(OC)c2)cc1OC(=O)N(C)CCN(C)C(=O)OCCC#Cc1cn(Cc2ncc(C)c(OC)c2C)c2nc(N)nc(Cl)c12.O=C(ON1C(=O)CCC1=O)ON1C(=O)CCC1=O. The van der Waals surface area contributed by atoms with Crippen LogP contribution < -0.4 is 63.6 Å². The highest BCUT2D eigenvalue weighted by atomic mass is 35.5. The number of hydrogen-bond acceptors (Lipinski definition) is 36. The smallest absolute Gasteiger partial charge is 0.504 e. The number of amides is 7. The second kappa shape index (κ2) is 49.0. The van der Waals surface area contributed by atoms with E-state index in [9.17, 15) is 43.5 Å². The average molecular weight is 2000 g/mol. The molecule has 0 unspecified atom stereocenters. The largest absolute Gasteiger partial charge is 0.560 e. The number of rotatable bonds is 31. The summed E-state index contributed by atoms with van der Waals surface area (Å²) in [6, 6.07) is 17.2. The Morgan fingerprint density at radius 2 is 0.838 bits per heavy atom. The summed E-state index contributed by atoms with van der Waals surface area (Å²) in [6.45, 7) is 11.8. The number of fused-ring (bicyclic) bond motifs is 2. The van der Waals surface area contributed by atoms with Crippen molar-refractivity contribution in [2.45, 2.75) is 99.1 Å². The molecule has 0 bridgehead atoms. The fourth-order valence-corrected chi connectivity index (χ4v) is 15.1.